The van der Waals surface area contributed by atoms with Crippen LogP contribution in [-0.4, -0.2) is 66.9 Å². The van der Waals surface area contributed by atoms with Crippen LogP contribution in [0.4, 0.5) is 10.5 Å². The summed E-state index contributed by atoms with van der Waals surface area (Å²) in [5.74, 6) is -0.444. The van der Waals surface area contributed by atoms with Gasteiger partial charge in [0.2, 0.25) is 5.91 Å². The lowest BCUT2D eigenvalue weighted by Crippen LogP contribution is -2.50. The largest absolute Gasteiger partial charge is 0.450 e. The Morgan fingerprint density at radius 3 is 2.40 bits per heavy atom. The highest BCUT2D eigenvalue weighted by Crippen LogP contribution is 2.24. The van der Waals surface area contributed by atoms with Crippen molar-refractivity contribution in [1.29, 1.82) is 0 Å². The molecule has 1 aliphatic rings. The fourth-order valence-electron chi connectivity index (χ4n) is 3.25. The van der Waals surface area contributed by atoms with Crippen LogP contribution in [0.25, 0.3) is 0 Å². The molecule has 1 N–H and O–H groups in total. The van der Waals surface area contributed by atoms with Crippen LogP contribution in [0.15, 0.2) is 48.5 Å². The normalized spacial score (nSPS) is 14.3. The summed E-state index contributed by atoms with van der Waals surface area (Å²) in [7, 11) is 0. The van der Waals surface area contributed by atoms with E-state index >= 15 is 0 Å². The van der Waals surface area contributed by atoms with Gasteiger partial charge < -0.3 is 15.0 Å². The lowest BCUT2D eigenvalue weighted by atomic mass is 10.0. The van der Waals surface area contributed by atoms with Crippen molar-refractivity contribution in [2.45, 2.75) is 6.92 Å². The second kappa shape index (κ2) is 10.2. The molecular formula is C22H24ClN3O4. The van der Waals surface area contributed by atoms with Crippen molar-refractivity contribution in [2.75, 3.05) is 44.6 Å². The summed E-state index contributed by atoms with van der Waals surface area (Å²) in [6.07, 6.45) is -0.327. The average Bonchev–Trinajstić information content (AvgIpc) is 2.75. The number of hydrogen-bond donors (Lipinski definition) is 1. The van der Waals surface area contributed by atoms with E-state index in [9.17, 15) is 14.4 Å². The van der Waals surface area contributed by atoms with Gasteiger partial charge in [0.25, 0.3) is 0 Å². The van der Waals surface area contributed by atoms with Crippen molar-refractivity contribution < 1.29 is 19.1 Å². The monoisotopic (exact) mass is 429 g/mol. The Morgan fingerprint density at radius 2 is 1.73 bits per heavy atom. The van der Waals surface area contributed by atoms with Gasteiger partial charge in [-0.05, 0) is 25.1 Å². The van der Waals surface area contributed by atoms with Crippen LogP contribution in [-0.2, 0) is 9.53 Å². The van der Waals surface area contributed by atoms with E-state index in [0.29, 0.717) is 54.6 Å². The molecule has 3 rings (SSSR count). The molecule has 0 bridgehead atoms. The molecule has 0 aliphatic carbocycles. The molecular weight excluding hydrogens is 406 g/mol. The smallest absolute Gasteiger partial charge is 0.409 e. The van der Waals surface area contributed by atoms with Gasteiger partial charge in [0.05, 0.1) is 18.8 Å². The van der Waals surface area contributed by atoms with Gasteiger partial charge in [-0.15, -0.1) is 0 Å². The summed E-state index contributed by atoms with van der Waals surface area (Å²) in [6, 6.07) is 13.7. The van der Waals surface area contributed by atoms with E-state index in [0.717, 1.165) is 0 Å². The van der Waals surface area contributed by atoms with Crippen molar-refractivity contribution in [2.24, 2.45) is 0 Å². The van der Waals surface area contributed by atoms with Gasteiger partial charge in [0, 0.05) is 42.3 Å². The van der Waals surface area contributed by atoms with Gasteiger partial charge in [-0.2, -0.15) is 0 Å². The number of hydrogen-bond acceptors (Lipinski definition) is 5. The quantitative estimate of drug-likeness (QED) is 0.713. The number of anilines is 1. The third kappa shape index (κ3) is 5.58. The van der Waals surface area contributed by atoms with Gasteiger partial charge in [0.1, 0.15) is 0 Å². The lowest BCUT2D eigenvalue weighted by molar-refractivity contribution is -0.117. The zero-order valence-electron chi connectivity index (χ0n) is 16.8. The first-order valence-corrected chi connectivity index (χ1v) is 10.2. The molecule has 0 atom stereocenters. The Labute approximate surface area is 180 Å². The zero-order chi connectivity index (χ0) is 21.5. The fourth-order valence-corrected chi connectivity index (χ4v) is 3.43. The second-order valence-electron chi connectivity index (χ2n) is 6.90. The van der Waals surface area contributed by atoms with E-state index in [4.69, 9.17) is 16.3 Å². The van der Waals surface area contributed by atoms with E-state index in [-0.39, 0.29) is 24.3 Å². The van der Waals surface area contributed by atoms with Crippen LogP contribution in [0.2, 0.25) is 5.02 Å². The number of piperazine rings is 1. The molecule has 0 saturated carbocycles. The molecule has 0 spiro atoms. The first kappa shape index (κ1) is 21.8. The van der Waals surface area contributed by atoms with Gasteiger partial charge in [-0.1, -0.05) is 41.9 Å². The van der Waals surface area contributed by atoms with Crippen molar-refractivity contribution in [3.63, 3.8) is 0 Å². The van der Waals surface area contributed by atoms with E-state index < -0.39 is 0 Å². The van der Waals surface area contributed by atoms with Crippen LogP contribution >= 0.6 is 11.6 Å². The van der Waals surface area contributed by atoms with Gasteiger partial charge in [0.15, 0.2) is 5.78 Å². The molecule has 1 saturated heterocycles. The number of rotatable bonds is 6. The van der Waals surface area contributed by atoms with Crippen LogP contribution in [0, 0.1) is 0 Å². The van der Waals surface area contributed by atoms with Gasteiger partial charge in [-0.25, -0.2) is 4.79 Å². The maximum atomic E-state index is 12.9. The summed E-state index contributed by atoms with van der Waals surface area (Å²) in [6.45, 7) is 4.43. The summed E-state index contributed by atoms with van der Waals surface area (Å²) >= 11 is 6.09. The van der Waals surface area contributed by atoms with Crippen molar-refractivity contribution in [3.05, 3.63) is 64.7 Å². The first-order chi connectivity index (χ1) is 14.5. The minimum atomic E-state index is -0.327. The van der Waals surface area contributed by atoms with Crippen LogP contribution in [0.1, 0.15) is 22.8 Å². The number of ketones is 1. The molecule has 2 aromatic rings. The maximum Gasteiger partial charge on any atom is 0.409 e. The Balaban J connectivity index is 1.62. The number of carbonyl (C=O) groups is 3. The molecule has 1 fully saturated rings. The Bertz CT molecular complexity index is 912. The minimum absolute atomic E-state index is 0.165. The van der Waals surface area contributed by atoms with Crippen LogP contribution in [0.5, 0.6) is 0 Å². The lowest BCUT2D eigenvalue weighted by Gasteiger charge is -2.33. The van der Waals surface area contributed by atoms with E-state index in [1.807, 2.05) is 11.0 Å². The van der Waals surface area contributed by atoms with Crippen LogP contribution in [0.3, 0.4) is 0 Å². The number of halogens is 1. The highest BCUT2D eigenvalue weighted by molar-refractivity contribution is 6.31. The molecule has 2 aromatic carbocycles. The predicted molar refractivity (Wildman–Crippen MR) is 115 cm³/mol. The molecule has 0 unspecified atom stereocenters. The van der Waals surface area contributed by atoms with E-state index in [2.05, 4.69) is 5.32 Å². The molecule has 0 aromatic heterocycles. The van der Waals surface area contributed by atoms with Crippen molar-refractivity contribution in [3.8, 4) is 0 Å². The molecule has 1 aliphatic heterocycles. The number of benzene rings is 2. The van der Waals surface area contributed by atoms with Crippen LogP contribution < -0.4 is 5.32 Å². The average molecular weight is 430 g/mol. The molecule has 7 nitrogen and oxygen atoms in total. The standard InChI is InChI=1S/C22H24ClN3O4/c1-2-30-22(29)26-12-10-25(11-13-26)15-20(27)24-19-9-8-17(23)14-18(19)21(28)16-6-4-3-5-7-16/h3-9,14H,2,10-13,15H2,1H3,(H,24,27). The number of carbonyl (C=O) groups excluding carboxylic acids is 3. The van der Waals surface area contributed by atoms with Crippen molar-refractivity contribution >= 4 is 35.1 Å². The van der Waals surface area contributed by atoms with Gasteiger partial charge >= 0.3 is 6.09 Å². The summed E-state index contributed by atoms with van der Waals surface area (Å²) in [5, 5.41) is 3.24. The predicted octanol–water partition coefficient (Wildman–Crippen LogP) is 3.28. The first-order valence-electron chi connectivity index (χ1n) is 9.81. The highest BCUT2D eigenvalue weighted by Gasteiger charge is 2.23. The number of ether oxygens (including phenoxy) is 1. The molecule has 2 amide bonds. The third-order valence-corrected chi connectivity index (χ3v) is 5.04. The fraction of sp³-hybridized carbons (Fsp3) is 0.318. The topological polar surface area (TPSA) is 79.0 Å². The van der Waals surface area contributed by atoms with Crippen molar-refractivity contribution in [1.82, 2.24) is 9.80 Å². The number of nitrogens with zero attached hydrogens (tertiary/aromatic N) is 2. The molecule has 30 heavy (non-hydrogen) atoms. The van der Waals surface area contributed by atoms with E-state index in [1.54, 1.807) is 54.3 Å². The Morgan fingerprint density at radius 1 is 1.03 bits per heavy atom. The number of nitrogens with one attached hydrogen (secondary N) is 1. The molecule has 1 heterocycles. The molecule has 158 valence electrons. The highest BCUT2D eigenvalue weighted by atomic mass is 35.5. The second-order valence-corrected chi connectivity index (χ2v) is 7.33. The molecule has 0 radical (unpaired) electrons. The third-order valence-electron chi connectivity index (χ3n) is 4.80. The SMILES string of the molecule is CCOC(=O)N1CCN(CC(=O)Nc2ccc(Cl)cc2C(=O)c2ccccc2)CC1. The number of amides is 2. The Kier molecular flexibility index (Phi) is 7.43. The Hall–Kier alpha value is -2.90. The maximum absolute atomic E-state index is 12.9. The molecule has 8 heteroatoms. The van der Waals surface area contributed by atoms with E-state index in [1.165, 1.54) is 0 Å². The van der Waals surface area contributed by atoms with Gasteiger partial charge in [-0.3, -0.25) is 14.5 Å². The summed E-state index contributed by atoms with van der Waals surface area (Å²) in [5.41, 5.74) is 1.28. The zero-order valence-corrected chi connectivity index (χ0v) is 17.5. The minimum Gasteiger partial charge on any atom is -0.450 e. The summed E-state index contributed by atoms with van der Waals surface area (Å²) < 4.78 is 5.00. The summed E-state index contributed by atoms with van der Waals surface area (Å²) in [4.78, 5) is 40.8.